The van der Waals surface area contributed by atoms with Crippen molar-refractivity contribution < 1.29 is 19.3 Å². The van der Waals surface area contributed by atoms with Crippen molar-refractivity contribution in [2.75, 3.05) is 20.8 Å². The van der Waals surface area contributed by atoms with Crippen LogP contribution in [0.3, 0.4) is 0 Å². The molecule has 3 rings (SSSR count). The molecule has 0 spiro atoms. The van der Waals surface area contributed by atoms with Gasteiger partial charge in [-0.15, -0.1) is 0 Å². The van der Waals surface area contributed by atoms with Crippen LogP contribution in [0.2, 0.25) is 0 Å². The number of rotatable bonds is 4. The van der Waals surface area contributed by atoms with Crippen molar-refractivity contribution in [1.82, 2.24) is 0 Å². The molecule has 0 unspecified atom stereocenters. The largest absolute Gasteiger partial charge is 0.493 e. The van der Waals surface area contributed by atoms with E-state index in [9.17, 15) is 5.11 Å². The van der Waals surface area contributed by atoms with E-state index in [0.717, 1.165) is 16.9 Å². The first-order valence-corrected chi connectivity index (χ1v) is 6.87. The van der Waals surface area contributed by atoms with E-state index in [4.69, 9.17) is 14.2 Å². The summed E-state index contributed by atoms with van der Waals surface area (Å²) in [5, 5.41) is 9.74. The number of hydrogen-bond acceptors (Lipinski definition) is 4. The molecule has 4 nitrogen and oxygen atoms in total. The van der Waals surface area contributed by atoms with Gasteiger partial charge in [0.05, 0.1) is 26.7 Å². The highest BCUT2D eigenvalue weighted by Crippen LogP contribution is 2.46. The SMILES string of the molecule is COc1ccc([C@H]2Oc3ccccc3[C@@H]2CO)cc1OC. The standard InChI is InChI=1S/C17H18O4/c1-19-15-8-7-11(9-16(15)20-2)17-13(10-18)12-5-3-4-6-14(12)21-17/h3-9,13,17-18H,10H2,1-2H3/t13-,17+/m0/s1. The molecule has 0 amide bonds. The monoisotopic (exact) mass is 286 g/mol. The zero-order valence-electron chi connectivity index (χ0n) is 12.1. The van der Waals surface area contributed by atoms with E-state index >= 15 is 0 Å². The van der Waals surface area contributed by atoms with Gasteiger partial charge in [0, 0.05) is 5.56 Å². The predicted octanol–water partition coefficient (Wildman–Crippen LogP) is 2.91. The van der Waals surface area contributed by atoms with Gasteiger partial charge in [0.1, 0.15) is 11.9 Å². The van der Waals surface area contributed by atoms with Gasteiger partial charge in [-0.25, -0.2) is 0 Å². The molecule has 21 heavy (non-hydrogen) atoms. The fraction of sp³-hybridized carbons (Fsp3) is 0.294. The van der Waals surface area contributed by atoms with Gasteiger partial charge in [0.25, 0.3) is 0 Å². The average Bonchev–Trinajstić information content (AvgIpc) is 2.92. The van der Waals surface area contributed by atoms with E-state index in [1.165, 1.54) is 0 Å². The lowest BCUT2D eigenvalue weighted by molar-refractivity contribution is 0.159. The topological polar surface area (TPSA) is 47.9 Å². The molecule has 0 fully saturated rings. The predicted molar refractivity (Wildman–Crippen MR) is 79.2 cm³/mol. The van der Waals surface area contributed by atoms with Gasteiger partial charge in [-0.05, 0) is 23.8 Å². The zero-order valence-corrected chi connectivity index (χ0v) is 12.1. The molecular formula is C17H18O4. The number of benzene rings is 2. The van der Waals surface area contributed by atoms with E-state index in [1.54, 1.807) is 14.2 Å². The quantitative estimate of drug-likeness (QED) is 0.939. The first-order valence-electron chi connectivity index (χ1n) is 6.87. The van der Waals surface area contributed by atoms with Crippen molar-refractivity contribution in [3.8, 4) is 17.2 Å². The molecule has 110 valence electrons. The summed E-state index contributed by atoms with van der Waals surface area (Å²) >= 11 is 0. The maximum Gasteiger partial charge on any atom is 0.161 e. The summed E-state index contributed by atoms with van der Waals surface area (Å²) in [7, 11) is 3.21. The van der Waals surface area contributed by atoms with E-state index in [-0.39, 0.29) is 18.6 Å². The molecule has 2 aromatic carbocycles. The Morgan fingerprint density at radius 1 is 1.05 bits per heavy atom. The Hall–Kier alpha value is -2.20. The highest BCUT2D eigenvalue weighted by Gasteiger charge is 2.35. The lowest BCUT2D eigenvalue weighted by Gasteiger charge is -2.19. The van der Waals surface area contributed by atoms with Crippen LogP contribution in [0, 0.1) is 0 Å². The molecule has 0 radical (unpaired) electrons. The minimum Gasteiger partial charge on any atom is -0.493 e. The highest BCUT2D eigenvalue weighted by atomic mass is 16.5. The Labute approximate surface area is 123 Å². The summed E-state index contributed by atoms with van der Waals surface area (Å²) in [5.41, 5.74) is 2.00. The van der Waals surface area contributed by atoms with Crippen LogP contribution in [-0.4, -0.2) is 25.9 Å². The molecule has 0 aliphatic carbocycles. The van der Waals surface area contributed by atoms with Gasteiger partial charge in [0.2, 0.25) is 0 Å². The highest BCUT2D eigenvalue weighted by molar-refractivity contribution is 5.48. The lowest BCUT2D eigenvalue weighted by atomic mass is 9.92. The molecule has 0 saturated carbocycles. The second-order valence-corrected chi connectivity index (χ2v) is 4.98. The van der Waals surface area contributed by atoms with Crippen molar-refractivity contribution in [3.63, 3.8) is 0 Å². The molecule has 0 aromatic heterocycles. The van der Waals surface area contributed by atoms with Crippen LogP contribution in [0.15, 0.2) is 42.5 Å². The van der Waals surface area contributed by atoms with Crippen LogP contribution in [0.1, 0.15) is 23.1 Å². The van der Waals surface area contributed by atoms with Gasteiger partial charge >= 0.3 is 0 Å². The molecule has 1 aliphatic heterocycles. The van der Waals surface area contributed by atoms with E-state index in [1.807, 2.05) is 42.5 Å². The van der Waals surface area contributed by atoms with Crippen molar-refractivity contribution in [1.29, 1.82) is 0 Å². The summed E-state index contributed by atoms with van der Waals surface area (Å²) in [6.07, 6.45) is -0.216. The number of ether oxygens (including phenoxy) is 3. The second kappa shape index (κ2) is 5.66. The number of hydrogen-bond donors (Lipinski definition) is 1. The summed E-state index contributed by atoms with van der Waals surface area (Å²) < 4.78 is 16.6. The zero-order chi connectivity index (χ0) is 14.8. The molecule has 4 heteroatoms. The van der Waals surface area contributed by atoms with E-state index in [2.05, 4.69) is 0 Å². The molecule has 2 atom stereocenters. The summed E-state index contributed by atoms with van der Waals surface area (Å²) in [5.74, 6) is 2.10. The van der Waals surface area contributed by atoms with Gasteiger partial charge in [-0.3, -0.25) is 0 Å². The third-order valence-corrected chi connectivity index (χ3v) is 3.87. The molecule has 1 heterocycles. The molecule has 0 bridgehead atoms. The Bertz CT molecular complexity index is 638. The lowest BCUT2D eigenvalue weighted by Crippen LogP contribution is -2.13. The Balaban J connectivity index is 1.98. The minimum absolute atomic E-state index is 0.0377. The van der Waals surface area contributed by atoms with Gasteiger partial charge in [0.15, 0.2) is 11.5 Å². The summed E-state index contributed by atoms with van der Waals surface area (Å²) in [4.78, 5) is 0. The van der Waals surface area contributed by atoms with Crippen LogP contribution >= 0.6 is 0 Å². The maximum absolute atomic E-state index is 9.74. The Kier molecular flexibility index (Phi) is 3.71. The number of methoxy groups -OCH3 is 2. The molecule has 0 saturated heterocycles. The third-order valence-electron chi connectivity index (χ3n) is 3.87. The van der Waals surface area contributed by atoms with Crippen LogP contribution in [0.5, 0.6) is 17.2 Å². The van der Waals surface area contributed by atoms with Gasteiger partial charge in [-0.2, -0.15) is 0 Å². The maximum atomic E-state index is 9.74. The van der Waals surface area contributed by atoms with Crippen molar-refractivity contribution in [2.24, 2.45) is 0 Å². The van der Waals surface area contributed by atoms with E-state index < -0.39 is 0 Å². The fourth-order valence-corrected chi connectivity index (χ4v) is 2.80. The number of para-hydroxylation sites is 1. The second-order valence-electron chi connectivity index (χ2n) is 4.98. The van der Waals surface area contributed by atoms with Crippen LogP contribution in [0.25, 0.3) is 0 Å². The normalized spacial score (nSPS) is 19.8. The van der Waals surface area contributed by atoms with Gasteiger partial charge in [-0.1, -0.05) is 24.3 Å². The van der Waals surface area contributed by atoms with Crippen molar-refractivity contribution in [3.05, 3.63) is 53.6 Å². The number of aliphatic hydroxyl groups excluding tert-OH is 1. The molecule has 2 aromatic rings. The molecule has 1 N–H and O–H groups in total. The van der Waals surface area contributed by atoms with Crippen LogP contribution in [0.4, 0.5) is 0 Å². The molecule has 1 aliphatic rings. The fourth-order valence-electron chi connectivity index (χ4n) is 2.80. The van der Waals surface area contributed by atoms with Crippen molar-refractivity contribution >= 4 is 0 Å². The van der Waals surface area contributed by atoms with Gasteiger partial charge < -0.3 is 19.3 Å². The first kappa shape index (κ1) is 13.8. The third kappa shape index (κ3) is 2.32. The number of fused-ring (bicyclic) bond motifs is 1. The summed E-state index contributed by atoms with van der Waals surface area (Å²) in [6, 6.07) is 13.5. The smallest absolute Gasteiger partial charge is 0.161 e. The minimum atomic E-state index is -0.216. The Morgan fingerprint density at radius 2 is 1.81 bits per heavy atom. The molecular weight excluding hydrogens is 268 g/mol. The number of aliphatic hydroxyl groups is 1. The average molecular weight is 286 g/mol. The van der Waals surface area contributed by atoms with Crippen molar-refractivity contribution in [2.45, 2.75) is 12.0 Å². The van der Waals surface area contributed by atoms with Crippen LogP contribution < -0.4 is 14.2 Å². The van der Waals surface area contributed by atoms with Crippen LogP contribution in [-0.2, 0) is 0 Å². The van der Waals surface area contributed by atoms with E-state index in [0.29, 0.717) is 11.5 Å². The summed E-state index contributed by atoms with van der Waals surface area (Å²) in [6.45, 7) is 0.0377. The Morgan fingerprint density at radius 3 is 2.52 bits per heavy atom. The first-order chi connectivity index (χ1) is 10.3.